The van der Waals surface area contributed by atoms with Crippen molar-refractivity contribution >= 4 is 22.9 Å². The molecule has 1 amide bonds. The molecule has 1 saturated carbocycles. The lowest BCUT2D eigenvalue weighted by Crippen LogP contribution is -2.13. The van der Waals surface area contributed by atoms with Gasteiger partial charge < -0.3 is 11.1 Å². The van der Waals surface area contributed by atoms with Gasteiger partial charge in [0.25, 0.3) is 5.91 Å². The van der Waals surface area contributed by atoms with Crippen molar-refractivity contribution < 1.29 is 18.0 Å². The summed E-state index contributed by atoms with van der Waals surface area (Å²) < 4.78 is 39.4. The molecule has 0 radical (unpaired) electrons. The van der Waals surface area contributed by atoms with Crippen molar-refractivity contribution in [3.8, 4) is 5.69 Å². The first-order valence-corrected chi connectivity index (χ1v) is 9.45. The maximum absolute atomic E-state index is 12.6. The molecule has 4 rings (SSSR count). The van der Waals surface area contributed by atoms with E-state index in [2.05, 4.69) is 15.6 Å². The van der Waals surface area contributed by atoms with Gasteiger partial charge in [0.1, 0.15) is 10.6 Å². The molecule has 1 aromatic carbocycles. The minimum Gasteiger partial charge on any atom is -0.379 e. The van der Waals surface area contributed by atoms with Crippen LogP contribution in [0.25, 0.3) is 5.69 Å². The number of amides is 1. The number of carbonyl (C=O) groups is 1. The first kappa shape index (κ1) is 18.5. The third-order valence-electron chi connectivity index (χ3n) is 4.49. The van der Waals surface area contributed by atoms with E-state index in [1.54, 1.807) is 10.9 Å². The second kappa shape index (κ2) is 6.93. The third kappa shape index (κ3) is 3.72. The Morgan fingerprint density at radius 2 is 2.00 bits per heavy atom. The van der Waals surface area contributed by atoms with E-state index in [-0.39, 0.29) is 6.54 Å². The van der Waals surface area contributed by atoms with E-state index >= 15 is 0 Å². The first-order valence-electron chi connectivity index (χ1n) is 8.57. The summed E-state index contributed by atoms with van der Waals surface area (Å²) in [5.74, 6) is -0.0934. The minimum atomic E-state index is -4.36. The number of rotatable bonds is 6. The van der Waals surface area contributed by atoms with Crippen molar-refractivity contribution in [2.75, 3.05) is 5.32 Å². The van der Waals surface area contributed by atoms with Gasteiger partial charge in [-0.3, -0.25) is 4.79 Å². The fraction of sp³-hybridized carbons (Fsp3) is 0.278. The molecule has 1 aliphatic rings. The van der Waals surface area contributed by atoms with Crippen LogP contribution in [0, 0.1) is 0 Å². The Morgan fingerprint density at radius 3 is 2.61 bits per heavy atom. The SMILES string of the molecule is NC(=O)c1scc(C2CC2)c1-n1cc(CNc2ccc(C(F)(F)F)cc2)nn1. The number of benzene rings is 1. The molecule has 0 aliphatic heterocycles. The number of hydrogen-bond acceptors (Lipinski definition) is 5. The highest BCUT2D eigenvalue weighted by molar-refractivity contribution is 7.12. The van der Waals surface area contributed by atoms with Gasteiger partial charge >= 0.3 is 6.18 Å². The largest absolute Gasteiger partial charge is 0.416 e. The van der Waals surface area contributed by atoms with Crippen LogP contribution in [0.5, 0.6) is 0 Å². The summed E-state index contributed by atoms with van der Waals surface area (Å²) >= 11 is 1.30. The molecule has 0 atom stereocenters. The highest BCUT2D eigenvalue weighted by atomic mass is 32.1. The Bertz CT molecular complexity index is 1010. The van der Waals surface area contributed by atoms with Crippen LogP contribution in [-0.2, 0) is 12.7 Å². The Labute approximate surface area is 162 Å². The van der Waals surface area contributed by atoms with Crippen LogP contribution in [0.3, 0.4) is 0 Å². The van der Waals surface area contributed by atoms with Crippen molar-refractivity contribution in [3.05, 3.63) is 57.5 Å². The molecular formula is C18H16F3N5OS. The summed E-state index contributed by atoms with van der Waals surface area (Å²) in [7, 11) is 0. The number of nitrogens with zero attached hydrogens (tertiary/aromatic N) is 3. The molecule has 3 aromatic rings. The zero-order valence-corrected chi connectivity index (χ0v) is 15.3. The van der Waals surface area contributed by atoms with E-state index in [0.717, 1.165) is 30.5 Å². The number of hydrogen-bond donors (Lipinski definition) is 2. The standard InChI is InChI=1S/C18H16F3N5OS/c19-18(20,21)11-3-5-12(6-4-11)23-7-13-8-26(25-24-13)15-14(10-1-2-10)9-28-16(15)17(22)27/h3-6,8-10,23H,1-2,7H2,(H2,22,27). The van der Waals surface area contributed by atoms with Crippen molar-refractivity contribution in [1.29, 1.82) is 0 Å². The first-order chi connectivity index (χ1) is 13.3. The van der Waals surface area contributed by atoms with E-state index < -0.39 is 17.6 Å². The molecule has 3 N–H and O–H groups in total. The van der Waals surface area contributed by atoms with Crippen LogP contribution in [0.1, 0.15) is 45.3 Å². The van der Waals surface area contributed by atoms with Gasteiger partial charge in [-0.2, -0.15) is 13.2 Å². The number of primary amides is 1. The van der Waals surface area contributed by atoms with Gasteiger partial charge in [0.15, 0.2) is 0 Å². The summed E-state index contributed by atoms with van der Waals surface area (Å²) in [6.45, 7) is 0.278. The average molecular weight is 407 g/mol. The number of anilines is 1. The summed E-state index contributed by atoms with van der Waals surface area (Å²) in [5, 5.41) is 13.1. The molecular weight excluding hydrogens is 391 g/mol. The zero-order valence-electron chi connectivity index (χ0n) is 14.5. The van der Waals surface area contributed by atoms with Crippen LogP contribution in [-0.4, -0.2) is 20.9 Å². The molecule has 2 heterocycles. The van der Waals surface area contributed by atoms with Crippen molar-refractivity contribution in [2.45, 2.75) is 31.5 Å². The van der Waals surface area contributed by atoms with E-state index in [1.165, 1.54) is 23.5 Å². The van der Waals surface area contributed by atoms with Crippen LogP contribution in [0.2, 0.25) is 0 Å². The second-order valence-electron chi connectivity index (χ2n) is 6.59. The maximum Gasteiger partial charge on any atom is 0.416 e. The highest BCUT2D eigenvalue weighted by Gasteiger charge is 2.31. The van der Waals surface area contributed by atoms with Gasteiger partial charge in [-0.25, -0.2) is 4.68 Å². The fourth-order valence-electron chi connectivity index (χ4n) is 2.92. The molecule has 0 unspecified atom stereocenters. The summed E-state index contributed by atoms with van der Waals surface area (Å²) in [6.07, 6.45) is -0.533. The highest BCUT2D eigenvalue weighted by Crippen LogP contribution is 2.45. The van der Waals surface area contributed by atoms with E-state index in [0.29, 0.717) is 27.9 Å². The summed E-state index contributed by atoms with van der Waals surface area (Å²) in [5.41, 5.74) is 7.63. The summed E-state index contributed by atoms with van der Waals surface area (Å²) in [4.78, 5) is 12.2. The molecule has 0 spiro atoms. The monoisotopic (exact) mass is 407 g/mol. The lowest BCUT2D eigenvalue weighted by Gasteiger charge is -2.08. The number of carbonyl (C=O) groups excluding carboxylic acids is 1. The lowest BCUT2D eigenvalue weighted by molar-refractivity contribution is -0.137. The third-order valence-corrected chi connectivity index (χ3v) is 5.49. The molecule has 1 aliphatic carbocycles. The summed E-state index contributed by atoms with van der Waals surface area (Å²) in [6, 6.07) is 4.77. The van der Waals surface area contributed by atoms with E-state index in [9.17, 15) is 18.0 Å². The Kier molecular flexibility index (Phi) is 4.58. The Balaban J connectivity index is 1.50. The number of nitrogens with two attached hydrogens (primary N) is 1. The minimum absolute atomic E-state index is 0.278. The topological polar surface area (TPSA) is 85.8 Å². The van der Waals surface area contributed by atoms with Gasteiger partial charge in [0.05, 0.1) is 24.0 Å². The molecule has 6 nitrogen and oxygen atoms in total. The molecule has 2 aromatic heterocycles. The van der Waals surface area contributed by atoms with Crippen molar-refractivity contribution in [2.24, 2.45) is 5.73 Å². The Morgan fingerprint density at radius 1 is 1.29 bits per heavy atom. The maximum atomic E-state index is 12.6. The van der Waals surface area contributed by atoms with Crippen LogP contribution >= 0.6 is 11.3 Å². The van der Waals surface area contributed by atoms with Gasteiger partial charge in [-0.1, -0.05) is 5.21 Å². The number of alkyl halides is 3. The predicted molar refractivity (Wildman–Crippen MR) is 98.5 cm³/mol. The number of nitrogens with one attached hydrogen (secondary N) is 1. The number of aromatic nitrogens is 3. The average Bonchev–Trinajstić information content (AvgIpc) is 3.22. The molecule has 28 heavy (non-hydrogen) atoms. The normalized spacial score (nSPS) is 14.2. The smallest absolute Gasteiger partial charge is 0.379 e. The van der Waals surface area contributed by atoms with Crippen molar-refractivity contribution in [3.63, 3.8) is 0 Å². The molecule has 146 valence electrons. The van der Waals surface area contributed by atoms with Gasteiger partial charge in [0, 0.05) is 5.69 Å². The zero-order chi connectivity index (χ0) is 19.9. The van der Waals surface area contributed by atoms with Crippen molar-refractivity contribution in [1.82, 2.24) is 15.0 Å². The quantitative estimate of drug-likeness (QED) is 0.648. The fourth-order valence-corrected chi connectivity index (χ4v) is 3.91. The van der Waals surface area contributed by atoms with Gasteiger partial charge in [0.2, 0.25) is 0 Å². The van der Waals surface area contributed by atoms with Crippen LogP contribution < -0.4 is 11.1 Å². The second-order valence-corrected chi connectivity index (χ2v) is 7.47. The predicted octanol–water partition coefficient (Wildman–Crippen LogP) is 3.94. The van der Waals surface area contributed by atoms with Crippen LogP contribution in [0.4, 0.5) is 18.9 Å². The lowest BCUT2D eigenvalue weighted by atomic mass is 10.1. The van der Waals surface area contributed by atoms with E-state index in [1.807, 2.05) is 5.38 Å². The molecule has 1 fully saturated rings. The number of thiophene rings is 1. The molecule has 0 saturated heterocycles. The van der Waals surface area contributed by atoms with Crippen LogP contribution in [0.15, 0.2) is 35.8 Å². The van der Waals surface area contributed by atoms with Gasteiger partial charge in [-0.05, 0) is 54.0 Å². The van der Waals surface area contributed by atoms with Gasteiger partial charge in [-0.15, -0.1) is 16.4 Å². The van der Waals surface area contributed by atoms with E-state index in [4.69, 9.17) is 5.73 Å². The number of halogens is 3. The molecule has 0 bridgehead atoms. The molecule has 10 heteroatoms. The Hall–Kier alpha value is -2.88.